The van der Waals surface area contributed by atoms with Gasteiger partial charge in [-0.1, -0.05) is 67.6 Å². The molecule has 0 bridgehead atoms. The van der Waals surface area contributed by atoms with Crippen LogP contribution in [0.1, 0.15) is 24.5 Å². The van der Waals surface area contributed by atoms with E-state index in [1.54, 1.807) is 0 Å². The van der Waals surface area contributed by atoms with Crippen LogP contribution in [0.15, 0.2) is 60.7 Å². The maximum absolute atomic E-state index is 11.7. The highest BCUT2D eigenvalue weighted by atomic mass is 16.6. The fraction of sp³-hybridized carbons (Fsp3) is 0.200. The van der Waals surface area contributed by atoms with Gasteiger partial charge in [0.25, 0.3) is 5.54 Å². The summed E-state index contributed by atoms with van der Waals surface area (Å²) in [6, 6.07) is 18.4. The number of hydrogen-bond acceptors (Lipinski definition) is 2. The molecule has 0 aliphatic carbocycles. The first kappa shape index (κ1) is 12.3. The quantitative estimate of drug-likeness (QED) is 0.606. The minimum absolute atomic E-state index is 0.183. The zero-order valence-corrected chi connectivity index (χ0v) is 10.2. The van der Waals surface area contributed by atoms with Crippen molar-refractivity contribution in [2.45, 2.75) is 18.9 Å². The molecule has 2 aromatic carbocycles. The first-order chi connectivity index (χ1) is 8.71. The Labute approximate surface area is 106 Å². The van der Waals surface area contributed by atoms with Gasteiger partial charge in [-0.05, 0) is 0 Å². The van der Waals surface area contributed by atoms with Gasteiger partial charge in [0.2, 0.25) is 0 Å². The maximum atomic E-state index is 11.7. The van der Waals surface area contributed by atoms with Crippen molar-refractivity contribution in [2.24, 2.45) is 0 Å². The first-order valence-corrected chi connectivity index (χ1v) is 5.97. The summed E-state index contributed by atoms with van der Waals surface area (Å²) in [5.41, 5.74) is 0.301. The standard InChI is InChI=1S/C15H15NO2/c1-2-15(16(17)18,13-9-5-3-6-10-13)14-11-7-4-8-12-14/h3-12H,2H2,1H3. The average molecular weight is 241 g/mol. The topological polar surface area (TPSA) is 43.1 Å². The molecule has 0 aliphatic heterocycles. The molecule has 0 saturated heterocycles. The lowest BCUT2D eigenvalue weighted by Crippen LogP contribution is -2.35. The van der Waals surface area contributed by atoms with Gasteiger partial charge in [0.1, 0.15) is 0 Å². The number of hydrogen-bond donors (Lipinski definition) is 0. The van der Waals surface area contributed by atoms with Gasteiger partial charge >= 0.3 is 0 Å². The van der Waals surface area contributed by atoms with Crippen molar-refractivity contribution in [3.8, 4) is 0 Å². The van der Waals surface area contributed by atoms with Crippen LogP contribution in [-0.2, 0) is 5.54 Å². The van der Waals surface area contributed by atoms with E-state index in [1.807, 2.05) is 67.6 Å². The average Bonchev–Trinajstić information content (AvgIpc) is 2.42. The summed E-state index contributed by atoms with van der Waals surface area (Å²) in [5, 5.41) is 11.7. The van der Waals surface area contributed by atoms with Gasteiger partial charge in [0.05, 0.1) is 0 Å². The molecule has 3 heteroatoms. The monoisotopic (exact) mass is 241 g/mol. The predicted molar refractivity (Wildman–Crippen MR) is 70.9 cm³/mol. The Morgan fingerprint density at radius 3 is 1.61 bits per heavy atom. The maximum Gasteiger partial charge on any atom is 0.271 e. The Balaban J connectivity index is 2.65. The van der Waals surface area contributed by atoms with Crippen molar-refractivity contribution in [1.82, 2.24) is 0 Å². The zero-order chi connectivity index (χ0) is 13.0. The van der Waals surface area contributed by atoms with Crippen LogP contribution in [0, 0.1) is 10.1 Å². The second-order valence-electron chi connectivity index (χ2n) is 4.20. The fourth-order valence-electron chi connectivity index (χ4n) is 2.34. The Morgan fingerprint density at radius 1 is 0.944 bits per heavy atom. The van der Waals surface area contributed by atoms with E-state index in [0.717, 1.165) is 11.1 Å². The number of nitrogens with zero attached hydrogens (tertiary/aromatic N) is 1. The highest BCUT2D eigenvalue weighted by molar-refractivity contribution is 5.35. The van der Waals surface area contributed by atoms with Crippen molar-refractivity contribution in [1.29, 1.82) is 0 Å². The van der Waals surface area contributed by atoms with Gasteiger partial charge in [-0.3, -0.25) is 10.1 Å². The molecule has 0 unspecified atom stereocenters. The molecule has 0 radical (unpaired) electrons. The first-order valence-electron chi connectivity index (χ1n) is 5.97. The molecule has 0 atom stereocenters. The molecule has 0 saturated carbocycles. The van der Waals surface area contributed by atoms with Crippen molar-refractivity contribution >= 4 is 0 Å². The number of nitro groups is 1. The summed E-state index contributed by atoms with van der Waals surface area (Å²) in [7, 11) is 0. The molecule has 0 fully saturated rings. The molecule has 0 amide bonds. The molecular weight excluding hydrogens is 226 g/mol. The van der Waals surface area contributed by atoms with Crippen molar-refractivity contribution < 1.29 is 4.92 Å². The van der Waals surface area contributed by atoms with Crippen LogP contribution in [-0.4, -0.2) is 4.92 Å². The van der Waals surface area contributed by atoms with Gasteiger partial charge in [0, 0.05) is 22.5 Å². The molecule has 2 rings (SSSR count). The highest BCUT2D eigenvalue weighted by Gasteiger charge is 2.44. The van der Waals surface area contributed by atoms with Gasteiger partial charge in [-0.2, -0.15) is 0 Å². The van der Waals surface area contributed by atoms with Crippen LogP contribution in [0.5, 0.6) is 0 Å². The molecule has 0 aromatic heterocycles. The second kappa shape index (κ2) is 5.00. The van der Waals surface area contributed by atoms with E-state index >= 15 is 0 Å². The summed E-state index contributed by atoms with van der Waals surface area (Å²) in [6.07, 6.45) is 0.425. The van der Waals surface area contributed by atoms with Crippen LogP contribution in [0.2, 0.25) is 0 Å². The summed E-state index contributed by atoms with van der Waals surface area (Å²) in [6.45, 7) is 1.85. The predicted octanol–water partition coefficient (Wildman–Crippen LogP) is 3.62. The fourth-order valence-corrected chi connectivity index (χ4v) is 2.34. The third kappa shape index (κ3) is 1.88. The van der Waals surface area contributed by atoms with E-state index in [-0.39, 0.29) is 4.92 Å². The third-order valence-electron chi connectivity index (χ3n) is 3.33. The Bertz CT molecular complexity index is 483. The normalized spacial score (nSPS) is 11.2. The lowest BCUT2D eigenvalue weighted by atomic mass is 9.81. The molecular formula is C15H15NO2. The van der Waals surface area contributed by atoms with E-state index in [1.165, 1.54) is 0 Å². The SMILES string of the molecule is CCC(c1ccccc1)(c1ccccc1)[N+](=O)[O-]. The van der Waals surface area contributed by atoms with Crippen molar-refractivity contribution in [2.75, 3.05) is 0 Å². The van der Waals surface area contributed by atoms with E-state index in [9.17, 15) is 10.1 Å². The second-order valence-corrected chi connectivity index (χ2v) is 4.20. The summed E-state index contributed by atoms with van der Waals surface area (Å²) in [5.74, 6) is 0. The molecule has 0 aliphatic rings. The Morgan fingerprint density at radius 2 is 1.33 bits per heavy atom. The molecule has 0 N–H and O–H groups in total. The molecule has 0 spiro atoms. The summed E-state index contributed by atoms with van der Waals surface area (Å²) in [4.78, 5) is 11.5. The Hall–Kier alpha value is -2.16. The minimum Gasteiger partial charge on any atom is -0.263 e. The summed E-state index contributed by atoms with van der Waals surface area (Å²) >= 11 is 0. The van der Waals surface area contributed by atoms with Crippen LogP contribution in [0.3, 0.4) is 0 Å². The molecule has 18 heavy (non-hydrogen) atoms. The van der Waals surface area contributed by atoms with Crippen LogP contribution < -0.4 is 0 Å². The van der Waals surface area contributed by atoms with Gasteiger partial charge in [-0.25, -0.2) is 0 Å². The van der Waals surface area contributed by atoms with Crippen LogP contribution in [0.4, 0.5) is 0 Å². The lowest BCUT2D eigenvalue weighted by Gasteiger charge is -2.24. The zero-order valence-electron chi connectivity index (χ0n) is 10.2. The van der Waals surface area contributed by atoms with E-state index < -0.39 is 5.54 Å². The number of rotatable bonds is 4. The minimum atomic E-state index is -1.15. The van der Waals surface area contributed by atoms with Crippen LogP contribution in [0.25, 0.3) is 0 Å². The Kier molecular flexibility index (Phi) is 3.42. The lowest BCUT2D eigenvalue weighted by molar-refractivity contribution is -0.566. The molecule has 3 nitrogen and oxygen atoms in total. The third-order valence-corrected chi connectivity index (χ3v) is 3.33. The largest absolute Gasteiger partial charge is 0.271 e. The molecule has 0 heterocycles. The molecule has 2 aromatic rings. The number of benzene rings is 2. The van der Waals surface area contributed by atoms with Gasteiger partial charge < -0.3 is 0 Å². The van der Waals surface area contributed by atoms with Gasteiger partial charge in [0.15, 0.2) is 0 Å². The van der Waals surface area contributed by atoms with E-state index in [4.69, 9.17) is 0 Å². The van der Waals surface area contributed by atoms with E-state index in [2.05, 4.69) is 0 Å². The summed E-state index contributed by atoms with van der Waals surface area (Å²) < 4.78 is 0. The van der Waals surface area contributed by atoms with Crippen molar-refractivity contribution in [3.63, 3.8) is 0 Å². The van der Waals surface area contributed by atoms with E-state index in [0.29, 0.717) is 6.42 Å². The highest BCUT2D eigenvalue weighted by Crippen LogP contribution is 2.35. The van der Waals surface area contributed by atoms with Gasteiger partial charge in [-0.15, -0.1) is 0 Å². The van der Waals surface area contributed by atoms with Crippen molar-refractivity contribution in [3.05, 3.63) is 81.9 Å². The van der Waals surface area contributed by atoms with Crippen LogP contribution >= 0.6 is 0 Å². The smallest absolute Gasteiger partial charge is 0.263 e. The molecule has 92 valence electrons.